The van der Waals surface area contributed by atoms with Crippen LogP contribution in [-0.4, -0.2) is 34.1 Å². The van der Waals surface area contributed by atoms with Crippen LogP contribution in [0.3, 0.4) is 0 Å². The number of nitrogens with zero attached hydrogens (tertiary/aromatic N) is 3. The van der Waals surface area contributed by atoms with Crippen LogP contribution in [0.1, 0.15) is 40.0 Å². The SMILES string of the molecule is O=C(O)c1cnc(N2CCC(Cc3ccccc3)CC2)nc1CCc1ccccc1Cl. The Morgan fingerprint density at radius 2 is 1.74 bits per heavy atom. The molecule has 0 bridgehead atoms. The van der Waals surface area contributed by atoms with Crippen molar-refractivity contribution in [3.05, 3.63) is 88.2 Å². The Morgan fingerprint density at radius 1 is 1.03 bits per heavy atom. The van der Waals surface area contributed by atoms with Crippen LogP contribution in [-0.2, 0) is 19.3 Å². The Hall–Kier alpha value is -2.92. The Bertz CT molecular complexity index is 1030. The number of halogens is 1. The molecule has 0 aliphatic carbocycles. The maximum absolute atomic E-state index is 11.7. The normalized spacial score (nSPS) is 14.5. The maximum atomic E-state index is 11.7. The highest BCUT2D eigenvalue weighted by Crippen LogP contribution is 2.25. The fraction of sp³-hybridized carbons (Fsp3) is 0.320. The number of anilines is 1. The number of carboxylic acids is 1. The number of carbonyl (C=O) groups is 1. The zero-order valence-corrected chi connectivity index (χ0v) is 18.1. The third kappa shape index (κ3) is 5.42. The molecule has 2 aromatic carbocycles. The smallest absolute Gasteiger partial charge is 0.339 e. The van der Waals surface area contributed by atoms with Crippen LogP contribution >= 0.6 is 11.6 Å². The molecule has 1 aliphatic heterocycles. The topological polar surface area (TPSA) is 66.3 Å². The van der Waals surface area contributed by atoms with Crippen molar-refractivity contribution in [3.8, 4) is 0 Å². The summed E-state index contributed by atoms with van der Waals surface area (Å²) in [6, 6.07) is 18.2. The van der Waals surface area contributed by atoms with Gasteiger partial charge in [-0.25, -0.2) is 14.8 Å². The van der Waals surface area contributed by atoms with E-state index in [4.69, 9.17) is 11.6 Å². The average Bonchev–Trinajstić information content (AvgIpc) is 2.79. The van der Waals surface area contributed by atoms with Gasteiger partial charge in [0.05, 0.1) is 11.3 Å². The van der Waals surface area contributed by atoms with E-state index in [1.807, 2.05) is 30.3 Å². The molecule has 160 valence electrons. The van der Waals surface area contributed by atoms with Crippen molar-refractivity contribution in [2.75, 3.05) is 18.0 Å². The minimum Gasteiger partial charge on any atom is -0.478 e. The van der Waals surface area contributed by atoms with Crippen molar-refractivity contribution < 1.29 is 9.90 Å². The molecule has 1 aromatic heterocycles. The minimum absolute atomic E-state index is 0.162. The van der Waals surface area contributed by atoms with Crippen LogP contribution in [0.25, 0.3) is 0 Å². The lowest BCUT2D eigenvalue weighted by molar-refractivity contribution is 0.0694. The van der Waals surface area contributed by atoms with Gasteiger partial charge in [0.15, 0.2) is 0 Å². The molecule has 1 saturated heterocycles. The number of hydrogen-bond acceptors (Lipinski definition) is 4. The Morgan fingerprint density at radius 3 is 2.45 bits per heavy atom. The highest BCUT2D eigenvalue weighted by molar-refractivity contribution is 6.31. The van der Waals surface area contributed by atoms with Crippen LogP contribution in [0.15, 0.2) is 60.8 Å². The summed E-state index contributed by atoms with van der Waals surface area (Å²) in [5.41, 5.74) is 3.09. The number of benzene rings is 2. The predicted octanol–water partition coefficient (Wildman–Crippen LogP) is 5.07. The van der Waals surface area contributed by atoms with Crippen LogP contribution in [0.2, 0.25) is 5.02 Å². The minimum atomic E-state index is -0.998. The summed E-state index contributed by atoms with van der Waals surface area (Å²) in [7, 11) is 0. The van der Waals surface area contributed by atoms with Gasteiger partial charge in [-0.05, 0) is 55.2 Å². The van der Waals surface area contributed by atoms with Crippen molar-refractivity contribution in [2.45, 2.75) is 32.1 Å². The first-order chi connectivity index (χ1) is 15.1. The summed E-state index contributed by atoms with van der Waals surface area (Å²) >= 11 is 6.26. The van der Waals surface area contributed by atoms with Gasteiger partial charge in [-0.1, -0.05) is 60.1 Å². The number of aromatic nitrogens is 2. The van der Waals surface area contributed by atoms with Crippen LogP contribution in [0.4, 0.5) is 5.95 Å². The summed E-state index contributed by atoms with van der Waals surface area (Å²) < 4.78 is 0. The summed E-state index contributed by atoms with van der Waals surface area (Å²) in [5, 5.41) is 10.3. The van der Waals surface area contributed by atoms with Gasteiger partial charge in [0, 0.05) is 24.3 Å². The Balaban J connectivity index is 1.43. The molecule has 4 rings (SSSR count). The van der Waals surface area contributed by atoms with Gasteiger partial charge in [-0.3, -0.25) is 0 Å². The van der Waals surface area contributed by atoms with E-state index >= 15 is 0 Å². The molecular weight excluding hydrogens is 410 g/mol. The van der Waals surface area contributed by atoms with Gasteiger partial charge in [-0.15, -0.1) is 0 Å². The first-order valence-corrected chi connectivity index (χ1v) is 11.1. The molecule has 0 radical (unpaired) electrons. The maximum Gasteiger partial charge on any atom is 0.339 e. The predicted molar refractivity (Wildman–Crippen MR) is 123 cm³/mol. The lowest BCUT2D eigenvalue weighted by Gasteiger charge is -2.32. The number of rotatable bonds is 7. The van der Waals surface area contributed by atoms with E-state index in [0.29, 0.717) is 35.4 Å². The van der Waals surface area contributed by atoms with Crippen molar-refractivity contribution in [2.24, 2.45) is 5.92 Å². The molecule has 0 spiro atoms. The third-order valence-corrected chi connectivity index (χ3v) is 6.31. The highest BCUT2D eigenvalue weighted by Gasteiger charge is 2.23. The number of aryl methyl sites for hydroxylation is 2. The fourth-order valence-corrected chi connectivity index (χ4v) is 4.40. The van der Waals surface area contributed by atoms with Crippen molar-refractivity contribution in [1.82, 2.24) is 9.97 Å². The monoisotopic (exact) mass is 435 g/mol. The molecule has 1 N–H and O–H groups in total. The highest BCUT2D eigenvalue weighted by atomic mass is 35.5. The summed E-state index contributed by atoms with van der Waals surface area (Å²) in [4.78, 5) is 22.9. The van der Waals surface area contributed by atoms with E-state index in [0.717, 1.165) is 37.9 Å². The molecule has 5 nitrogen and oxygen atoms in total. The van der Waals surface area contributed by atoms with E-state index in [2.05, 4.69) is 39.1 Å². The number of aromatic carboxylic acids is 1. The lowest BCUT2D eigenvalue weighted by atomic mass is 9.90. The second-order valence-corrected chi connectivity index (χ2v) is 8.45. The molecule has 3 aromatic rings. The zero-order valence-electron chi connectivity index (χ0n) is 17.4. The van der Waals surface area contributed by atoms with E-state index < -0.39 is 5.97 Å². The number of carboxylic acid groups (broad SMARTS) is 1. The lowest BCUT2D eigenvalue weighted by Crippen LogP contribution is -2.35. The molecule has 6 heteroatoms. The summed E-state index contributed by atoms with van der Waals surface area (Å²) in [6.07, 6.45) is 5.84. The molecule has 1 aliphatic rings. The van der Waals surface area contributed by atoms with E-state index in [9.17, 15) is 9.90 Å². The molecule has 1 fully saturated rings. The zero-order chi connectivity index (χ0) is 21.6. The average molecular weight is 436 g/mol. The van der Waals surface area contributed by atoms with Gasteiger partial charge < -0.3 is 10.0 Å². The Kier molecular flexibility index (Phi) is 6.82. The van der Waals surface area contributed by atoms with Crippen molar-refractivity contribution in [1.29, 1.82) is 0 Å². The van der Waals surface area contributed by atoms with Gasteiger partial charge in [-0.2, -0.15) is 0 Å². The van der Waals surface area contributed by atoms with Crippen LogP contribution in [0.5, 0.6) is 0 Å². The second-order valence-electron chi connectivity index (χ2n) is 8.05. The second kappa shape index (κ2) is 9.92. The number of hydrogen-bond donors (Lipinski definition) is 1. The van der Waals surface area contributed by atoms with Crippen molar-refractivity contribution >= 4 is 23.5 Å². The van der Waals surface area contributed by atoms with Gasteiger partial charge in [0.25, 0.3) is 0 Å². The standard InChI is InChI=1S/C25H26ClN3O2/c26-22-9-5-4-8-20(22)10-11-23-21(24(30)31)17-27-25(28-23)29-14-12-19(13-15-29)16-18-6-2-1-3-7-18/h1-9,17,19H,10-16H2,(H,30,31). The first-order valence-electron chi connectivity index (χ1n) is 10.7. The summed E-state index contributed by atoms with van der Waals surface area (Å²) in [5.74, 6) is 0.274. The van der Waals surface area contributed by atoms with Crippen LogP contribution in [0, 0.1) is 5.92 Å². The quantitative estimate of drug-likeness (QED) is 0.561. The van der Waals surface area contributed by atoms with Crippen LogP contribution < -0.4 is 4.90 Å². The number of piperidine rings is 1. The molecule has 0 unspecified atom stereocenters. The van der Waals surface area contributed by atoms with Gasteiger partial charge in [0.2, 0.25) is 5.95 Å². The molecule has 0 atom stereocenters. The van der Waals surface area contributed by atoms with Gasteiger partial charge >= 0.3 is 5.97 Å². The van der Waals surface area contributed by atoms with E-state index in [1.54, 1.807) is 0 Å². The molecular formula is C25H26ClN3O2. The summed E-state index contributed by atoms with van der Waals surface area (Å²) in [6.45, 7) is 1.77. The Labute approximate surface area is 187 Å². The molecule has 0 amide bonds. The largest absolute Gasteiger partial charge is 0.478 e. The third-order valence-electron chi connectivity index (χ3n) is 5.94. The molecule has 2 heterocycles. The van der Waals surface area contributed by atoms with Crippen molar-refractivity contribution in [3.63, 3.8) is 0 Å². The molecule has 31 heavy (non-hydrogen) atoms. The fourth-order valence-electron chi connectivity index (χ4n) is 4.17. The van der Waals surface area contributed by atoms with E-state index in [1.165, 1.54) is 11.8 Å². The first kappa shape index (κ1) is 21.3. The van der Waals surface area contributed by atoms with E-state index in [-0.39, 0.29) is 5.56 Å². The van der Waals surface area contributed by atoms with Gasteiger partial charge in [0.1, 0.15) is 0 Å². The molecule has 0 saturated carbocycles.